The Balaban J connectivity index is 1.70. The molecule has 8 nitrogen and oxygen atoms in total. The zero-order valence-corrected chi connectivity index (χ0v) is 18.6. The summed E-state index contributed by atoms with van der Waals surface area (Å²) in [7, 11) is 3.20. The molecule has 2 heterocycles. The van der Waals surface area contributed by atoms with Gasteiger partial charge in [-0.25, -0.2) is 4.99 Å². The van der Waals surface area contributed by atoms with Crippen LogP contribution in [0.3, 0.4) is 0 Å². The highest BCUT2D eigenvalue weighted by atomic mass is 16.5. The molecule has 1 amide bonds. The molecule has 1 N–H and O–H groups in total. The largest absolute Gasteiger partial charge is 0.493 e. The molecule has 1 atom stereocenters. The normalized spacial score (nSPS) is 18.7. The van der Waals surface area contributed by atoms with Gasteiger partial charge in [0.15, 0.2) is 11.5 Å². The topological polar surface area (TPSA) is 84.8 Å². The lowest BCUT2D eigenvalue weighted by Crippen LogP contribution is -2.46. The molecule has 168 valence electrons. The lowest BCUT2D eigenvalue weighted by Gasteiger charge is -2.26. The van der Waals surface area contributed by atoms with Gasteiger partial charge in [0.2, 0.25) is 5.91 Å². The van der Waals surface area contributed by atoms with Crippen LogP contribution in [0.15, 0.2) is 52.4 Å². The van der Waals surface area contributed by atoms with Gasteiger partial charge >= 0.3 is 0 Å². The Kier molecular flexibility index (Phi) is 6.82. The standard InChI is InChI=1S/C24H28N4O4/c1-16-23(17-8-9-20(30-2)21(14-17)31-3)24(26-19-7-5-4-6-18(19)25-16)27-22(29)15-28-10-12-32-13-11-28/h4-9,14,23H,10-13,15H2,1-3H3,(H,26,27,29)/t23-/m0/s1. The van der Waals surface area contributed by atoms with Crippen LogP contribution in [0.5, 0.6) is 11.5 Å². The van der Waals surface area contributed by atoms with Crippen LogP contribution in [0.4, 0.5) is 11.4 Å². The number of para-hydroxylation sites is 2. The summed E-state index contributed by atoms with van der Waals surface area (Å²) in [5.74, 6) is 1.34. The highest BCUT2D eigenvalue weighted by Crippen LogP contribution is 2.36. The average molecular weight is 437 g/mol. The molecular formula is C24H28N4O4. The van der Waals surface area contributed by atoms with Gasteiger partial charge in [0.1, 0.15) is 5.84 Å². The minimum Gasteiger partial charge on any atom is -0.493 e. The number of carbonyl (C=O) groups excluding carboxylic acids is 1. The van der Waals surface area contributed by atoms with E-state index < -0.39 is 0 Å². The first-order valence-electron chi connectivity index (χ1n) is 10.6. The maximum atomic E-state index is 13.0. The molecule has 0 unspecified atom stereocenters. The third-order valence-electron chi connectivity index (χ3n) is 5.59. The van der Waals surface area contributed by atoms with E-state index >= 15 is 0 Å². The fraction of sp³-hybridized carbons (Fsp3) is 0.375. The summed E-state index contributed by atoms with van der Waals surface area (Å²) >= 11 is 0. The van der Waals surface area contributed by atoms with Gasteiger partial charge in [-0.1, -0.05) is 18.2 Å². The minimum absolute atomic E-state index is 0.108. The van der Waals surface area contributed by atoms with E-state index in [1.165, 1.54) is 0 Å². The van der Waals surface area contributed by atoms with Crippen molar-refractivity contribution in [1.29, 1.82) is 0 Å². The Morgan fingerprint density at radius 1 is 1.06 bits per heavy atom. The van der Waals surface area contributed by atoms with Crippen molar-refractivity contribution in [3.05, 3.63) is 48.0 Å². The van der Waals surface area contributed by atoms with Gasteiger partial charge in [0.25, 0.3) is 0 Å². The van der Waals surface area contributed by atoms with Gasteiger partial charge in [-0.3, -0.25) is 14.7 Å². The molecule has 0 saturated carbocycles. The number of ether oxygens (including phenoxy) is 3. The van der Waals surface area contributed by atoms with Gasteiger partial charge in [0.05, 0.1) is 51.3 Å². The summed E-state index contributed by atoms with van der Waals surface area (Å²) in [6, 6.07) is 13.4. The first-order chi connectivity index (χ1) is 15.6. The molecular weight excluding hydrogens is 408 g/mol. The van der Waals surface area contributed by atoms with Crippen LogP contribution in [0.2, 0.25) is 0 Å². The number of hydrogen-bond acceptors (Lipinski definition) is 7. The summed E-state index contributed by atoms with van der Waals surface area (Å²) in [5, 5.41) is 3.07. The molecule has 0 bridgehead atoms. The molecule has 4 rings (SSSR count). The molecule has 1 fully saturated rings. The quantitative estimate of drug-likeness (QED) is 0.779. The maximum Gasteiger partial charge on any atom is 0.239 e. The number of aliphatic imine (C=N–C) groups is 2. The minimum atomic E-state index is -0.337. The lowest BCUT2D eigenvalue weighted by atomic mass is 9.92. The van der Waals surface area contributed by atoms with Gasteiger partial charge < -0.3 is 19.5 Å². The summed E-state index contributed by atoms with van der Waals surface area (Å²) in [6.45, 7) is 5.00. The van der Waals surface area contributed by atoms with E-state index in [0.717, 1.165) is 35.7 Å². The number of hydrogen-bond donors (Lipinski definition) is 1. The number of fused-ring (bicyclic) bond motifs is 1. The van der Waals surface area contributed by atoms with Crippen LogP contribution in [0, 0.1) is 0 Å². The van der Waals surface area contributed by atoms with E-state index in [1.807, 2.05) is 49.4 Å². The highest BCUT2D eigenvalue weighted by Gasteiger charge is 2.28. The molecule has 1 saturated heterocycles. The molecule has 2 aliphatic heterocycles. The van der Waals surface area contributed by atoms with Crippen LogP contribution >= 0.6 is 0 Å². The fourth-order valence-corrected chi connectivity index (χ4v) is 3.98. The number of nitrogens with one attached hydrogen (secondary N) is 1. The van der Waals surface area contributed by atoms with Crippen molar-refractivity contribution >= 4 is 28.8 Å². The molecule has 0 aliphatic carbocycles. The molecule has 2 aliphatic rings. The van der Waals surface area contributed by atoms with Gasteiger partial charge in [-0.2, -0.15) is 0 Å². The SMILES string of the molecule is COc1ccc([C@@H]2C(C)=Nc3ccccc3N=C2NC(=O)CN2CCOCC2)cc1OC. The first-order valence-corrected chi connectivity index (χ1v) is 10.6. The van der Waals surface area contributed by atoms with E-state index in [4.69, 9.17) is 24.2 Å². The number of methoxy groups -OCH3 is 2. The Labute approximate surface area is 187 Å². The second-order valence-corrected chi connectivity index (χ2v) is 7.72. The first kappa shape index (κ1) is 22.0. The summed E-state index contributed by atoms with van der Waals surface area (Å²) in [5.41, 5.74) is 3.22. The number of nitrogens with zero attached hydrogens (tertiary/aromatic N) is 3. The zero-order valence-electron chi connectivity index (χ0n) is 18.6. The zero-order chi connectivity index (χ0) is 22.5. The Morgan fingerprint density at radius 2 is 1.75 bits per heavy atom. The van der Waals surface area contributed by atoms with Crippen molar-refractivity contribution in [3.8, 4) is 11.5 Å². The molecule has 32 heavy (non-hydrogen) atoms. The van der Waals surface area contributed by atoms with Crippen LogP contribution < -0.4 is 14.8 Å². The van der Waals surface area contributed by atoms with Crippen molar-refractivity contribution in [2.24, 2.45) is 9.98 Å². The second-order valence-electron chi connectivity index (χ2n) is 7.72. The van der Waals surface area contributed by atoms with Crippen molar-refractivity contribution in [1.82, 2.24) is 10.2 Å². The van der Waals surface area contributed by atoms with E-state index in [-0.39, 0.29) is 11.8 Å². The smallest absolute Gasteiger partial charge is 0.239 e. The van der Waals surface area contributed by atoms with Crippen LogP contribution in [-0.4, -0.2) is 69.4 Å². The van der Waals surface area contributed by atoms with Crippen LogP contribution in [0.1, 0.15) is 18.4 Å². The lowest BCUT2D eigenvalue weighted by molar-refractivity contribution is -0.121. The van der Waals surface area contributed by atoms with Crippen molar-refractivity contribution < 1.29 is 19.0 Å². The number of carbonyl (C=O) groups is 1. The van der Waals surface area contributed by atoms with Crippen molar-refractivity contribution in [3.63, 3.8) is 0 Å². The number of amides is 1. The van der Waals surface area contributed by atoms with Crippen molar-refractivity contribution in [2.45, 2.75) is 12.8 Å². The fourth-order valence-electron chi connectivity index (χ4n) is 3.98. The van der Waals surface area contributed by atoms with Crippen molar-refractivity contribution in [2.75, 3.05) is 47.1 Å². The molecule has 0 spiro atoms. The van der Waals surface area contributed by atoms with Gasteiger partial charge in [-0.15, -0.1) is 0 Å². The molecule has 0 radical (unpaired) electrons. The molecule has 2 aromatic rings. The van der Waals surface area contributed by atoms with Gasteiger partial charge in [-0.05, 0) is 36.8 Å². The predicted molar refractivity (Wildman–Crippen MR) is 124 cm³/mol. The maximum absolute atomic E-state index is 13.0. The number of amidine groups is 1. The van der Waals surface area contributed by atoms with E-state index in [1.54, 1.807) is 14.2 Å². The van der Waals surface area contributed by atoms with Crippen LogP contribution in [-0.2, 0) is 9.53 Å². The number of morpholine rings is 1. The van der Waals surface area contributed by atoms with E-state index in [2.05, 4.69) is 10.2 Å². The number of rotatable bonds is 5. The Morgan fingerprint density at radius 3 is 2.44 bits per heavy atom. The van der Waals surface area contributed by atoms with Crippen LogP contribution in [0.25, 0.3) is 0 Å². The molecule has 2 aromatic carbocycles. The predicted octanol–water partition coefficient (Wildman–Crippen LogP) is 3.07. The Bertz CT molecular complexity index is 1040. The van der Waals surface area contributed by atoms with E-state index in [9.17, 15) is 4.79 Å². The monoisotopic (exact) mass is 436 g/mol. The summed E-state index contributed by atoms with van der Waals surface area (Å²) < 4.78 is 16.3. The number of benzene rings is 2. The third kappa shape index (κ3) is 4.81. The molecule has 0 aromatic heterocycles. The summed E-state index contributed by atoms with van der Waals surface area (Å²) in [6.07, 6.45) is 0. The third-order valence-corrected chi connectivity index (χ3v) is 5.59. The van der Waals surface area contributed by atoms with E-state index in [0.29, 0.717) is 37.1 Å². The Hall–Kier alpha value is -3.23. The average Bonchev–Trinajstić information content (AvgIpc) is 2.94. The highest BCUT2D eigenvalue weighted by molar-refractivity contribution is 6.17. The summed E-state index contributed by atoms with van der Waals surface area (Å²) in [4.78, 5) is 24.7. The second kappa shape index (κ2) is 9.93. The van der Waals surface area contributed by atoms with Gasteiger partial charge in [0, 0.05) is 18.8 Å². The molecule has 8 heteroatoms.